The fraction of sp³-hybridized carbons (Fsp3) is 0.875. The van der Waals surface area contributed by atoms with Crippen molar-refractivity contribution in [3.63, 3.8) is 0 Å². The van der Waals surface area contributed by atoms with Gasteiger partial charge in [0, 0.05) is 0 Å². The summed E-state index contributed by atoms with van der Waals surface area (Å²) in [6, 6.07) is 0. The first-order valence-corrected chi connectivity index (χ1v) is 11.4. The fourth-order valence-electron chi connectivity index (χ4n) is 3.47. The van der Waals surface area contributed by atoms with Gasteiger partial charge in [-0.15, -0.1) is 0 Å². The lowest BCUT2D eigenvalue weighted by molar-refractivity contribution is 0.523. The molecule has 0 bridgehead atoms. The average molecular weight is 350 g/mol. The lowest BCUT2D eigenvalue weighted by atomic mass is 10.0. The van der Waals surface area contributed by atoms with E-state index in [-0.39, 0.29) is 0 Å². The van der Waals surface area contributed by atoms with Crippen LogP contribution in [0.25, 0.3) is 0 Å². The Morgan fingerprint density at radius 3 is 1.16 bits per heavy atom. The molecule has 147 valence electrons. The zero-order valence-corrected chi connectivity index (χ0v) is 17.2. The third-order valence-corrected chi connectivity index (χ3v) is 5.16. The summed E-state index contributed by atoms with van der Waals surface area (Å²) in [4.78, 5) is 9.99. The zero-order chi connectivity index (χ0) is 18.3. The maximum atomic E-state index is 9.99. The van der Waals surface area contributed by atoms with Gasteiger partial charge in [-0.05, 0) is 18.9 Å². The van der Waals surface area contributed by atoms with E-state index in [1.54, 1.807) is 6.29 Å². The maximum absolute atomic E-state index is 9.99. The summed E-state index contributed by atoms with van der Waals surface area (Å²) in [6.07, 6.45) is 33.2. The van der Waals surface area contributed by atoms with Crippen molar-refractivity contribution in [3.05, 3.63) is 12.2 Å². The maximum Gasteiger partial charge on any atom is 0.225 e. The molecule has 0 aromatic carbocycles. The standard InChI is InChI=1S/C24H45O/c1-2-3-4-5-6-7-8-9-10-11-12-13-14-15-16-17-18-19-20-21-22-23-24-25/h22-23H,2-21H2,1H3/b23-22-. The molecule has 0 rings (SSSR count). The molecule has 0 amide bonds. The van der Waals surface area contributed by atoms with E-state index in [4.69, 9.17) is 0 Å². The lowest BCUT2D eigenvalue weighted by Gasteiger charge is -2.03. The van der Waals surface area contributed by atoms with Crippen LogP contribution in [0.15, 0.2) is 12.2 Å². The van der Waals surface area contributed by atoms with E-state index in [1.807, 2.05) is 6.08 Å². The number of rotatable bonds is 21. The summed E-state index contributed by atoms with van der Waals surface area (Å²) >= 11 is 0. The van der Waals surface area contributed by atoms with E-state index >= 15 is 0 Å². The first-order valence-electron chi connectivity index (χ1n) is 11.4. The predicted molar refractivity (Wildman–Crippen MR) is 113 cm³/mol. The second-order valence-electron chi connectivity index (χ2n) is 7.67. The molecule has 1 heteroatoms. The first-order chi connectivity index (χ1) is 12.4. The van der Waals surface area contributed by atoms with Crippen molar-refractivity contribution in [2.24, 2.45) is 0 Å². The summed E-state index contributed by atoms with van der Waals surface area (Å²) in [5.41, 5.74) is 0. The monoisotopic (exact) mass is 349 g/mol. The van der Waals surface area contributed by atoms with Crippen LogP contribution >= 0.6 is 0 Å². The molecular formula is C24H45O. The third-order valence-electron chi connectivity index (χ3n) is 5.16. The predicted octanol–water partition coefficient (Wildman–Crippen LogP) is 8.47. The summed E-state index contributed by atoms with van der Waals surface area (Å²) in [7, 11) is 0. The van der Waals surface area contributed by atoms with E-state index in [0.29, 0.717) is 0 Å². The minimum Gasteiger partial charge on any atom is -0.286 e. The molecule has 0 aromatic rings. The van der Waals surface area contributed by atoms with Gasteiger partial charge in [0.25, 0.3) is 0 Å². The average Bonchev–Trinajstić information content (AvgIpc) is 2.63. The van der Waals surface area contributed by atoms with Crippen LogP contribution in [-0.2, 0) is 4.79 Å². The Morgan fingerprint density at radius 2 is 0.840 bits per heavy atom. The van der Waals surface area contributed by atoms with Crippen molar-refractivity contribution in [1.82, 2.24) is 0 Å². The van der Waals surface area contributed by atoms with Crippen LogP contribution in [0, 0.1) is 0 Å². The van der Waals surface area contributed by atoms with Gasteiger partial charge in [-0.1, -0.05) is 129 Å². The molecule has 0 saturated heterocycles. The Labute approximate surface area is 159 Å². The normalized spacial score (nSPS) is 11.4. The minimum absolute atomic E-state index is 1.04. The van der Waals surface area contributed by atoms with Gasteiger partial charge in [-0.25, -0.2) is 0 Å². The molecular weight excluding hydrogens is 304 g/mol. The SMILES string of the molecule is CCCCCCCCCCCCCCCCCCCCC/C=C\[C]=O. The summed E-state index contributed by atoms with van der Waals surface area (Å²) in [6.45, 7) is 2.29. The molecule has 1 radical (unpaired) electrons. The van der Waals surface area contributed by atoms with E-state index in [0.717, 1.165) is 6.42 Å². The molecule has 0 aromatic heterocycles. The van der Waals surface area contributed by atoms with Crippen LogP contribution in [0.3, 0.4) is 0 Å². The van der Waals surface area contributed by atoms with E-state index in [2.05, 4.69) is 6.92 Å². The Morgan fingerprint density at radius 1 is 0.520 bits per heavy atom. The molecule has 0 aliphatic carbocycles. The van der Waals surface area contributed by atoms with Crippen molar-refractivity contribution in [3.8, 4) is 0 Å². The number of unbranched alkanes of at least 4 members (excludes halogenated alkanes) is 19. The summed E-state index contributed by atoms with van der Waals surface area (Å²) in [5, 5.41) is 0. The molecule has 0 atom stereocenters. The molecule has 0 aliphatic heterocycles. The lowest BCUT2D eigenvalue weighted by Crippen LogP contribution is -1.84. The Bertz CT molecular complexity index is 269. The smallest absolute Gasteiger partial charge is 0.225 e. The van der Waals surface area contributed by atoms with Crippen LogP contribution in [0.2, 0.25) is 0 Å². The molecule has 0 aliphatic rings. The molecule has 25 heavy (non-hydrogen) atoms. The van der Waals surface area contributed by atoms with Gasteiger partial charge in [0.1, 0.15) is 0 Å². The number of hydrogen-bond donors (Lipinski definition) is 0. The van der Waals surface area contributed by atoms with Crippen LogP contribution in [-0.4, -0.2) is 6.29 Å². The second kappa shape index (κ2) is 23.4. The van der Waals surface area contributed by atoms with Crippen molar-refractivity contribution in [2.45, 2.75) is 135 Å². The largest absolute Gasteiger partial charge is 0.286 e. The summed E-state index contributed by atoms with van der Waals surface area (Å²) < 4.78 is 0. The van der Waals surface area contributed by atoms with Gasteiger partial charge in [0.15, 0.2) is 0 Å². The van der Waals surface area contributed by atoms with Gasteiger partial charge in [0.05, 0.1) is 0 Å². The van der Waals surface area contributed by atoms with Crippen LogP contribution in [0.4, 0.5) is 0 Å². The minimum atomic E-state index is 1.04. The molecule has 0 N–H and O–H groups in total. The fourth-order valence-corrected chi connectivity index (χ4v) is 3.47. The highest BCUT2D eigenvalue weighted by Crippen LogP contribution is 2.14. The topological polar surface area (TPSA) is 17.1 Å². The van der Waals surface area contributed by atoms with Gasteiger partial charge in [-0.2, -0.15) is 0 Å². The van der Waals surface area contributed by atoms with Crippen molar-refractivity contribution in [1.29, 1.82) is 0 Å². The first kappa shape index (κ1) is 24.4. The van der Waals surface area contributed by atoms with Crippen LogP contribution < -0.4 is 0 Å². The Balaban J connectivity index is 2.98. The van der Waals surface area contributed by atoms with E-state index in [9.17, 15) is 4.79 Å². The number of carbonyl (C=O) groups excluding carboxylic acids is 1. The molecule has 0 heterocycles. The highest BCUT2D eigenvalue weighted by molar-refractivity contribution is 5.65. The molecule has 0 saturated carbocycles. The van der Waals surface area contributed by atoms with Gasteiger partial charge in [-0.3, -0.25) is 4.79 Å². The van der Waals surface area contributed by atoms with Crippen molar-refractivity contribution >= 4 is 6.29 Å². The molecule has 1 nitrogen and oxygen atoms in total. The van der Waals surface area contributed by atoms with Crippen LogP contribution in [0.5, 0.6) is 0 Å². The Hall–Kier alpha value is -0.590. The number of allylic oxidation sites excluding steroid dienone is 2. The summed E-state index contributed by atoms with van der Waals surface area (Å²) in [5.74, 6) is 0. The highest BCUT2D eigenvalue weighted by Gasteiger charge is 1.95. The third kappa shape index (κ3) is 23.4. The highest BCUT2D eigenvalue weighted by atomic mass is 16.1. The Kier molecular flexibility index (Phi) is 22.9. The van der Waals surface area contributed by atoms with Crippen molar-refractivity contribution in [2.75, 3.05) is 0 Å². The molecule has 0 fully saturated rings. The second-order valence-corrected chi connectivity index (χ2v) is 7.67. The zero-order valence-electron chi connectivity index (χ0n) is 17.2. The number of hydrogen-bond acceptors (Lipinski definition) is 1. The van der Waals surface area contributed by atoms with Gasteiger partial charge >= 0.3 is 0 Å². The quantitative estimate of drug-likeness (QED) is 0.150. The van der Waals surface area contributed by atoms with E-state index in [1.165, 1.54) is 128 Å². The molecule has 0 unspecified atom stereocenters. The van der Waals surface area contributed by atoms with Crippen LogP contribution in [0.1, 0.15) is 135 Å². The van der Waals surface area contributed by atoms with Gasteiger partial charge < -0.3 is 0 Å². The molecule has 0 spiro atoms. The van der Waals surface area contributed by atoms with E-state index < -0.39 is 0 Å². The van der Waals surface area contributed by atoms with Crippen molar-refractivity contribution < 1.29 is 4.79 Å². The van der Waals surface area contributed by atoms with Gasteiger partial charge in [0.2, 0.25) is 6.29 Å².